The molecule has 3 aromatic carbocycles. The van der Waals surface area contributed by atoms with E-state index in [0.717, 1.165) is 25.5 Å². The molecule has 0 radical (unpaired) electrons. The predicted octanol–water partition coefficient (Wildman–Crippen LogP) is 5.84. The number of rotatable bonds is 12. The average Bonchev–Trinajstić information content (AvgIpc) is 2.92. The van der Waals surface area contributed by atoms with Crippen molar-refractivity contribution >= 4 is 43.5 Å². The Morgan fingerprint density at radius 1 is 0.925 bits per heavy atom. The zero-order valence-corrected chi connectivity index (χ0v) is 26.1. The number of nitrogens with one attached hydrogen (secondary N) is 1. The lowest BCUT2D eigenvalue weighted by Gasteiger charge is -2.33. The smallest absolute Gasteiger partial charge is 0.264 e. The van der Waals surface area contributed by atoms with Crippen LogP contribution in [0.15, 0.2) is 82.2 Å². The van der Waals surface area contributed by atoms with Crippen molar-refractivity contribution in [3.8, 4) is 0 Å². The molecular weight excluding hydrogens is 590 g/mol. The maximum Gasteiger partial charge on any atom is 0.264 e. The second-order valence-electron chi connectivity index (χ2n) is 10.3. The van der Waals surface area contributed by atoms with Crippen LogP contribution in [0.4, 0.5) is 5.69 Å². The summed E-state index contributed by atoms with van der Waals surface area (Å²) in [5.41, 5.74) is 3.15. The van der Waals surface area contributed by atoms with Crippen molar-refractivity contribution in [1.29, 1.82) is 0 Å². The second-order valence-corrected chi connectivity index (χ2v) is 13.1. The Morgan fingerprint density at radius 3 is 2.12 bits per heavy atom. The Hall–Kier alpha value is -3.17. The van der Waals surface area contributed by atoms with Crippen LogP contribution in [0.25, 0.3) is 0 Å². The number of aryl methyl sites for hydroxylation is 2. The summed E-state index contributed by atoms with van der Waals surface area (Å²) in [7, 11) is -4.10. The molecule has 0 fully saturated rings. The number of halogens is 1. The van der Waals surface area contributed by atoms with Crippen molar-refractivity contribution in [3.05, 3.63) is 94.0 Å². The van der Waals surface area contributed by atoms with Gasteiger partial charge in [-0.15, -0.1) is 0 Å². The van der Waals surface area contributed by atoms with Gasteiger partial charge >= 0.3 is 0 Å². The fourth-order valence-electron chi connectivity index (χ4n) is 4.29. The van der Waals surface area contributed by atoms with Gasteiger partial charge in [-0.3, -0.25) is 13.9 Å². The molecule has 0 aliphatic carbocycles. The molecule has 0 bridgehead atoms. The molecule has 0 saturated heterocycles. The molecule has 40 heavy (non-hydrogen) atoms. The molecule has 0 unspecified atom stereocenters. The number of carbonyl (C=O) groups excluding carboxylic acids is 2. The number of amides is 2. The largest absolute Gasteiger partial charge is 0.354 e. The lowest BCUT2D eigenvalue weighted by molar-refractivity contribution is -0.140. The standard InChI is InChI=1S/C31H38BrN3O4S/c1-6-29(31(37)33-19-22(2)3)34(20-25-10-8-7-9-24(25)5)30(36)21-35(27-15-13-26(32)14-16-27)40(38,39)28-17-11-23(4)12-18-28/h7-18,22,29H,6,19-21H2,1-5H3,(H,33,37)/t29-/m1/s1. The van der Waals surface area contributed by atoms with Crippen LogP contribution in [0.2, 0.25) is 0 Å². The summed E-state index contributed by atoms with van der Waals surface area (Å²) in [5, 5.41) is 2.95. The first-order chi connectivity index (χ1) is 18.9. The quantitative estimate of drug-likeness (QED) is 0.273. The van der Waals surface area contributed by atoms with E-state index < -0.39 is 28.5 Å². The first-order valence-electron chi connectivity index (χ1n) is 13.4. The Labute approximate surface area is 246 Å². The minimum absolute atomic E-state index is 0.0843. The van der Waals surface area contributed by atoms with Crippen molar-refractivity contribution in [3.63, 3.8) is 0 Å². The first-order valence-corrected chi connectivity index (χ1v) is 15.6. The molecule has 0 heterocycles. The van der Waals surface area contributed by atoms with Gasteiger partial charge in [0.05, 0.1) is 10.6 Å². The summed E-state index contributed by atoms with van der Waals surface area (Å²) < 4.78 is 29.7. The Bertz CT molecular complexity index is 1410. The molecular formula is C31H38BrN3O4S. The maximum atomic E-state index is 14.1. The van der Waals surface area contributed by atoms with Gasteiger partial charge in [-0.2, -0.15) is 0 Å². The summed E-state index contributed by atoms with van der Waals surface area (Å²) in [6.07, 6.45) is 0.380. The lowest BCUT2D eigenvalue weighted by atomic mass is 10.1. The van der Waals surface area contributed by atoms with E-state index in [2.05, 4.69) is 21.2 Å². The Balaban J connectivity index is 2.05. The van der Waals surface area contributed by atoms with Gasteiger partial charge in [0.1, 0.15) is 12.6 Å². The highest BCUT2D eigenvalue weighted by Gasteiger charge is 2.33. The van der Waals surface area contributed by atoms with Gasteiger partial charge in [0.2, 0.25) is 11.8 Å². The van der Waals surface area contributed by atoms with Crippen LogP contribution in [0.5, 0.6) is 0 Å². The SMILES string of the molecule is CC[C@H](C(=O)NCC(C)C)N(Cc1ccccc1C)C(=O)CN(c1ccc(Br)cc1)S(=O)(=O)c1ccc(C)cc1. The lowest BCUT2D eigenvalue weighted by Crippen LogP contribution is -2.52. The van der Waals surface area contributed by atoms with Crippen LogP contribution < -0.4 is 9.62 Å². The molecule has 7 nitrogen and oxygen atoms in total. The molecule has 1 atom stereocenters. The van der Waals surface area contributed by atoms with E-state index >= 15 is 0 Å². The fraction of sp³-hybridized carbons (Fsp3) is 0.355. The Kier molecular flexibility index (Phi) is 10.9. The predicted molar refractivity (Wildman–Crippen MR) is 164 cm³/mol. The third-order valence-electron chi connectivity index (χ3n) is 6.67. The van der Waals surface area contributed by atoms with E-state index in [1.165, 1.54) is 4.90 Å². The van der Waals surface area contributed by atoms with E-state index in [1.807, 2.05) is 58.9 Å². The molecule has 0 saturated carbocycles. The summed E-state index contributed by atoms with van der Waals surface area (Å²) in [6, 6.07) is 20.2. The molecule has 1 N–H and O–H groups in total. The molecule has 0 spiro atoms. The summed E-state index contributed by atoms with van der Waals surface area (Å²) in [4.78, 5) is 29.0. The highest BCUT2D eigenvalue weighted by atomic mass is 79.9. The van der Waals surface area contributed by atoms with Crippen molar-refractivity contribution in [2.75, 3.05) is 17.4 Å². The summed E-state index contributed by atoms with van der Waals surface area (Å²) in [6.45, 7) is 9.89. The highest BCUT2D eigenvalue weighted by Crippen LogP contribution is 2.27. The van der Waals surface area contributed by atoms with E-state index in [-0.39, 0.29) is 23.3 Å². The van der Waals surface area contributed by atoms with Crippen LogP contribution >= 0.6 is 15.9 Å². The van der Waals surface area contributed by atoms with Gasteiger partial charge in [0.15, 0.2) is 0 Å². The Morgan fingerprint density at radius 2 is 1.55 bits per heavy atom. The summed E-state index contributed by atoms with van der Waals surface area (Å²) >= 11 is 3.40. The summed E-state index contributed by atoms with van der Waals surface area (Å²) in [5.74, 6) is -0.474. The number of anilines is 1. The minimum atomic E-state index is -4.10. The monoisotopic (exact) mass is 627 g/mol. The van der Waals surface area contributed by atoms with Crippen LogP contribution in [-0.2, 0) is 26.2 Å². The van der Waals surface area contributed by atoms with E-state index in [0.29, 0.717) is 18.7 Å². The molecule has 2 amide bonds. The molecule has 3 aromatic rings. The van der Waals surface area contributed by atoms with Crippen LogP contribution in [0.1, 0.15) is 43.9 Å². The maximum absolute atomic E-state index is 14.1. The number of sulfonamides is 1. The topological polar surface area (TPSA) is 86.8 Å². The molecule has 0 aromatic heterocycles. The van der Waals surface area contributed by atoms with Gasteiger partial charge in [0, 0.05) is 17.6 Å². The highest BCUT2D eigenvalue weighted by molar-refractivity contribution is 9.10. The molecule has 214 valence electrons. The number of benzene rings is 3. The molecule has 0 aliphatic heterocycles. The zero-order chi connectivity index (χ0) is 29.4. The molecule has 3 rings (SSSR count). The van der Waals surface area contributed by atoms with Crippen molar-refractivity contribution in [1.82, 2.24) is 10.2 Å². The first kappa shape index (κ1) is 31.4. The van der Waals surface area contributed by atoms with E-state index in [1.54, 1.807) is 48.5 Å². The molecule has 0 aliphatic rings. The third kappa shape index (κ3) is 7.95. The van der Waals surface area contributed by atoms with Gasteiger partial charge in [-0.25, -0.2) is 8.42 Å². The van der Waals surface area contributed by atoms with Gasteiger partial charge in [0.25, 0.3) is 10.0 Å². The van der Waals surface area contributed by atoms with E-state index in [9.17, 15) is 18.0 Å². The zero-order valence-electron chi connectivity index (χ0n) is 23.7. The third-order valence-corrected chi connectivity index (χ3v) is 8.99. The van der Waals surface area contributed by atoms with Crippen molar-refractivity contribution in [2.24, 2.45) is 5.92 Å². The fourth-order valence-corrected chi connectivity index (χ4v) is 5.97. The van der Waals surface area contributed by atoms with Gasteiger partial charge < -0.3 is 10.2 Å². The number of hydrogen-bond donors (Lipinski definition) is 1. The van der Waals surface area contributed by atoms with Gasteiger partial charge in [-0.05, 0) is 73.7 Å². The van der Waals surface area contributed by atoms with Crippen molar-refractivity contribution in [2.45, 2.75) is 58.5 Å². The van der Waals surface area contributed by atoms with Crippen LogP contribution in [0, 0.1) is 19.8 Å². The average molecular weight is 629 g/mol. The number of carbonyl (C=O) groups is 2. The molecule has 9 heteroatoms. The normalized spacial score (nSPS) is 12.2. The number of hydrogen-bond acceptors (Lipinski definition) is 4. The van der Waals surface area contributed by atoms with Crippen LogP contribution in [0.3, 0.4) is 0 Å². The van der Waals surface area contributed by atoms with E-state index in [4.69, 9.17) is 0 Å². The second kappa shape index (κ2) is 13.9. The van der Waals surface area contributed by atoms with Crippen LogP contribution in [-0.4, -0.2) is 44.3 Å². The minimum Gasteiger partial charge on any atom is -0.354 e. The number of nitrogens with zero attached hydrogens (tertiary/aromatic N) is 2. The van der Waals surface area contributed by atoms with Crippen molar-refractivity contribution < 1.29 is 18.0 Å². The van der Waals surface area contributed by atoms with Gasteiger partial charge in [-0.1, -0.05) is 78.7 Å².